The van der Waals surface area contributed by atoms with E-state index < -0.39 is 14.8 Å². The third kappa shape index (κ3) is 183. The van der Waals surface area contributed by atoms with Crippen LogP contribution in [0.2, 0.25) is 0 Å². The molecule has 0 fully saturated rings. The Kier molecular flexibility index (Phi) is 105. The molecule has 0 aliphatic rings. The molecule has 0 amide bonds. The van der Waals surface area contributed by atoms with Crippen LogP contribution in [0.15, 0.2) is 0 Å². The molecular formula is H6BrNaO6. The largest absolute Gasteiger partial charge is 1.00 e. The van der Waals surface area contributed by atoms with Crippen LogP contribution in [0.4, 0.5) is 0 Å². The van der Waals surface area contributed by atoms with Crippen LogP contribution in [0.1, 0.15) is 0 Å². The van der Waals surface area contributed by atoms with E-state index in [1.165, 1.54) is 0 Å². The second-order valence-electron chi connectivity index (χ2n) is 0.189. The van der Waals surface area contributed by atoms with Gasteiger partial charge in [-0.05, 0) is 0 Å². The van der Waals surface area contributed by atoms with Crippen LogP contribution in [-0.2, 0) is 0 Å². The molecule has 0 atom stereocenters. The Morgan fingerprint density at radius 2 is 0.750 bits per heavy atom. The molecule has 0 aliphatic heterocycles. The molecule has 0 saturated heterocycles. The van der Waals surface area contributed by atoms with Gasteiger partial charge in [0.25, 0.3) is 0 Å². The molecule has 0 aromatic carbocycles. The molecule has 0 bridgehead atoms. The molecule has 0 rings (SSSR count). The fourth-order valence-electron chi connectivity index (χ4n) is 0. The number of rotatable bonds is 0. The summed E-state index contributed by atoms with van der Waals surface area (Å²) in [6, 6.07) is 0. The minimum absolute atomic E-state index is 0. The Labute approximate surface area is 73.2 Å². The van der Waals surface area contributed by atoms with Crippen molar-refractivity contribution in [2.75, 3.05) is 0 Å². The minimum atomic E-state index is -3.65. The molecule has 0 heterocycles. The summed E-state index contributed by atoms with van der Waals surface area (Å²) in [6.07, 6.45) is 0. The van der Waals surface area contributed by atoms with E-state index >= 15 is 0 Å². The van der Waals surface area contributed by atoms with Crippen molar-refractivity contribution in [3.63, 3.8) is 0 Å². The number of hydrogen-bond donors (Lipinski definition) is 0. The van der Waals surface area contributed by atoms with Crippen LogP contribution in [-0.4, -0.2) is 16.4 Å². The summed E-state index contributed by atoms with van der Waals surface area (Å²) in [5.41, 5.74) is 0. The Balaban J connectivity index is -0.00000000750. The smallest absolute Gasteiger partial charge is 0.412 e. The maximum absolute atomic E-state index is 8.52. The third-order valence-corrected chi connectivity index (χ3v) is 0. The Morgan fingerprint density at radius 1 is 0.750 bits per heavy atom. The molecule has 50 valence electrons. The van der Waals surface area contributed by atoms with Crippen molar-refractivity contribution >= 4 is 0 Å². The zero-order valence-electron chi connectivity index (χ0n) is 4.10. The first-order valence-corrected chi connectivity index (χ1v) is 2.41. The van der Waals surface area contributed by atoms with E-state index in [1.54, 1.807) is 0 Å². The van der Waals surface area contributed by atoms with E-state index in [0.717, 1.165) is 0 Å². The van der Waals surface area contributed by atoms with E-state index in [4.69, 9.17) is 12.6 Å². The van der Waals surface area contributed by atoms with E-state index in [1.807, 2.05) is 0 Å². The van der Waals surface area contributed by atoms with Crippen molar-refractivity contribution in [3.05, 3.63) is 0 Å². The zero-order valence-corrected chi connectivity index (χ0v) is 7.69. The summed E-state index contributed by atoms with van der Waals surface area (Å²) in [5, 5.41) is 0. The molecule has 8 heteroatoms. The van der Waals surface area contributed by atoms with E-state index in [-0.39, 0.29) is 46.0 Å². The summed E-state index contributed by atoms with van der Waals surface area (Å²) in [6.45, 7) is 0. The maximum Gasteiger partial charge on any atom is 1.00 e. The molecule has 0 saturated carbocycles. The van der Waals surface area contributed by atoms with Crippen molar-refractivity contribution in [1.82, 2.24) is 0 Å². The summed E-state index contributed by atoms with van der Waals surface area (Å²) in [5.74, 6) is 0. The van der Waals surface area contributed by atoms with Crippen LogP contribution in [0, 0.1) is 14.8 Å². The fraction of sp³-hybridized carbons (Fsp3) is 0. The van der Waals surface area contributed by atoms with Gasteiger partial charge in [-0.3, -0.25) is 0 Å². The molecule has 0 aromatic rings. The fourth-order valence-corrected chi connectivity index (χ4v) is 0. The van der Waals surface area contributed by atoms with Crippen molar-refractivity contribution < 1.29 is 73.4 Å². The van der Waals surface area contributed by atoms with Crippen molar-refractivity contribution in [3.8, 4) is 0 Å². The summed E-state index contributed by atoms with van der Waals surface area (Å²) >= 11 is -3.65. The van der Waals surface area contributed by atoms with Gasteiger partial charge >= 0.3 is 29.6 Å². The van der Waals surface area contributed by atoms with Crippen LogP contribution < -0.4 is 42.2 Å². The average Bonchev–Trinajstić information content (AvgIpc) is 0.811. The topological polar surface area (TPSA) is 164 Å². The van der Waals surface area contributed by atoms with Gasteiger partial charge < -0.3 is 29.0 Å². The molecule has 0 aliphatic carbocycles. The van der Waals surface area contributed by atoms with Crippen LogP contribution >= 0.6 is 0 Å². The molecule has 6 N–H and O–H groups in total. The SMILES string of the molecule is O.O.O.[Na+].[O-][Br+2]([O-])[O-]. The molecule has 0 radical (unpaired) electrons. The van der Waals surface area contributed by atoms with Crippen molar-refractivity contribution in [2.24, 2.45) is 0 Å². The second kappa shape index (κ2) is 24.0. The first-order valence-electron chi connectivity index (χ1n) is 0.463. The van der Waals surface area contributed by atoms with Gasteiger partial charge in [0, 0.05) is 0 Å². The van der Waals surface area contributed by atoms with Crippen LogP contribution in [0.25, 0.3) is 0 Å². The van der Waals surface area contributed by atoms with Gasteiger partial charge in [0.1, 0.15) is 0 Å². The van der Waals surface area contributed by atoms with Gasteiger partial charge in [0.2, 0.25) is 14.8 Å². The molecule has 0 aromatic heterocycles. The maximum atomic E-state index is 8.52. The minimum Gasteiger partial charge on any atom is -0.412 e. The van der Waals surface area contributed by atoms with Gasteiger partial charge in [-0.1, -0.05) is 0 Å². The van der Waals surface area contributed by atoms with Crippen LogP contribution in [0.5, 0.6) is 0 Å². The predicted octanol–water partition coefficient (Wildman–Crippen LogP) is -9.04. The van der Waals surface area contributed by atoms with Crippen molar-refractivity contribution in [2.45, 2.75) is 0 Å². The molecule has 8 heavy (non-hydrogen) atoms. The average molecular weight is 205 g/mol. The van der Waals surface area contributed by atoms with Gasteiger partial charge in [0.05, 0.1) is 0 Å². The van der Waals surface area contributed by atoms with Crippen LogP contribution in [0.3, 0.4) is 0 Å². The summed E-state index contributed by atoms with van der Waals surface area (Å²) in [7, 11) is 0. The Bertz CT molecular complexity index is 13.2. The second-order valence-corrected chi connectivity index (χ2v) is 0.982. The van der Waals surface area contributed by atoms with Gasteiger partial charge in [0.15, 0.2) is 0 Å². The molecule has 0 spiro atoms. The monoisotopic (exact) mass is 204 g/mol. The zero-order chi connectivity index (χ0) is 3.58. The van der Waals surface area contributed by atoms with Crippen molar-refractivity contribution in [1.29, 1.82) is 0 Å². The van der Waals surface area contributed by atoms with Gasteiger partial charge in [-0.2, -0.15) is 0 Å². The Morgan fingerprint density at radius 3 is 0.750 bits per heavy atom. The first kappa shape index (κ1) is 34.9. The first-order chi connectivity index (χ1) is 1.73. The molecule has 6 nitrogen and oxygen atoms in total. The standard InChI is InChI=1S/BrO3.Na.3H2O/c2-1(3)4;;;;/h;;3*1H2/q-1;+1;;;. The third-order valence-electron chi connectivity index (χ3n) is 0. The summed E-state index contributed by atoms with van der Waals surface area (Å²) in [4.78, 5) is 0. The van der Waals surface area contributed by atoms with Gasteiger partial charge in [-0.25, -0.2) is 0 Å². The summed E-state index contributed by atoms with van der Waals surface area (Å²) < 4.78 is 25.6. The number of hydrogen-bond acceptors (Lipinski definition) is 3. The quantitative estimate of drug-likeness (QED) is 0.359. The van der Waals surface area contributed by atoms with E-state index in [9.17, 15) is 0 Å². The molecule has 0 unspecified atom stereocenters. The normalized spacial score (nSPS) is 4.50. The number of halogens is 1. The van der Waals surface area contributed by atoms with E-state index in [0.29, 0.717) is 0 Å². The van der Waals surface area contributed by atoms with E-state index in [2.05, 4.69) is 0 Å². The Hall–Kier alpha value is 1.24. The predicted molar refractivity (Wildman–Crippen MR) is 10.8 cm³/mol. The molecular weight excluding hydrogens is 199 g/mol. The van der Waals surface area contributed by atoms with Gasteiger partial charge in [-0.15, -0.1) is 0 Å².